The minimum absolute atomic E-state index is 0.230. The van der Waals surface area contributed by atoms with E-state index in [4.69, 9.17) is 11.5 Å². The molecule has 0 aliphatic rings. The van der Waals surface area contributed by atoms with Gasteiger partial charge in [-0.15, -0.1) is 0 Å². The van der Waals surface area contributed by atoms with Crippen LogP contribution < -0.4 is 11.5 Å². The Balaban J connectivity index is 3.12. The molecule has 0 radical (unpaired) electrons. The third-order valence-electron chi connectivity index (χ3n) is 1.93. The lowest BCUT2D eigenvalue weighted by Crippen LogP contribution is -2.21. The molecular formula is C9H14N2O. The molecule has 66 valence electrons. The number of aryl methyl sites for hydroxylation is 1. The summed E-state index contributed by atoms with van der Waals surface area (Å²) in [5.41, 5.74) is 12.8. The number of aromatic hydroxyl groups is 1. The van der Waals surface area contributed by atoms with Gasteiger partial charge in [-0.2, -0.15) is 0 Å². The second-order valence-corrected chi connectivity index (χ2v) is 2.85. The van der Waals surface area contributed by atoms with Crippen LogP contribution in [-0.4, -0.2) is 11.7 Å². The molecule has 5 N–H and O–H groups in total. The molecule has 0 spiro atoms. The second kappa shape index (κ2) is 3.56. The van der Waals surface area contributed by atoms with Crippen LogP contribution in [0.25, 0.3) is 0 Å². The van der Waals surface area contributed by atoms with Gasteiger partial charge in [0.15, 0.2) is 0 Å². The molecule has 0 aliphatic carbocycles. The van der Waals surface area contributed by atoms with E-state index in [1.54, 1.807) is 12.1 Å². The molecular weight excluding hydrogens is 152 g/mol. The van der Waals surface area contributed by atoms with Gasteiger partial charge >= 0.3 is 0 Å². The number of rotatable bonds is 2. The first-order chi connectivity index (χ1) is 5.66. The van der Waals surface area contributed by atoms with E-state index in [1.165, 1.54) is 0 Å². The maximum absolute atomic E-state index is 9.46. The Hall–Kier alpha value is -1.06. The summed E-state index contributed by atoms with van der Waals surface area (Å²) in [4.78, 5) is 0. The van der Waals surface area contributed by atoms with Crippen molar-refractivity contribution in [2.24, 2.45) is 11.5 Å². The van der Waals surface area contributed by atoms with E-state index in [1.807, 2.05) is 13.0 Å². The van der Waals surface area contributed by atoms with E-state index in [-0.39, 0.29) is 11.8 Å². The van der Waals surface area contributed by atoms with Crippen LogP contribution in [-0.2, 0) is 0 Å². The van der Waals surface area contributed by atoms with E-state index in [0.717, 1.165) is 11.1 Å². The van der Waals surface area contributed by atoms with E-state index in [0.29, 0.717) is 6.54 Å². The molecule has 0 bridgehead atoms. The van der Waals surface area contributed by atoms with Crippen LogP contribution in [0.1, 0.15) is 17.2 Å². The summed E-state index contributed by atoms with van der Waals surface area (Å²) in [5.74, 6) is 0.230. The highest BCUT2D eigenvalue weighted by atomic mass is 16.3. The van der Waals surface area contributed by atoms with Crippen molar-refractivity contribution in [3.8, 4) is 5.75 Å². The fourth-order valence-electron chi connectivity index (χ4n) is 1.27. The van der Waals surface area contributed by atoms with Crippen molar-refractivity contribution in [1.82, 2.24) is 0 Å². The number of benzene rings is 1. The molecule has 0 saturated heterocycles. The molecule has 0 heterocycles. The average Bonchev–Trinajstić information content (AvgIpc) is 2.03. The molecule has 12 heavy (non-hydrogen) atoms. The van der Waals surface area contributed by atoms with Crippen molar-refractivity contribution in [2.45, 2.75) is 13.0 Å². The Morgan fingerprint density at radius 3 is 2.67 bits per heavy atom. The summed E-state index contributed by atoms with van der Waals surface area (Å²) < 4.78 is 0. The van der Waals surface area contributed by atoms with E-state index >= 15 is 0 Å². The zero-order valence-electron chi connectivity index (χ0n) is 7.12. The highest BCUT2D eigenvalue weighted by Crippen LogP contribution is 2.24. The van der Waals surface area contributed by atoms with Gasteiger partial charge in [-0.3, -0.25) is 0 Å². The van der Waals surface area contributed by atoms with Gasteiger partial charge < -0.3 is 16.6 Å². The van der Waals surface area contributed by atoms with Crippen molar-refractivity contribution in [2.75, 3.05) is 6.54 Å². The first-order valence-electron chi connectivity index (χ1n) is 3.91. The SMILES string of the molecule is Cc1cccc(O)c1[C@H](N)CN. The van der Waals surface area contributed by atoms with Gasteiger partial charge in [0, 0.05) is 18.2 Å². The van der Waals surface area contributed by atoms with E-state index in [9.17, 15) is 5.11 Å². The van der Waals surface area contributed by atoms with Crippen molar-refractivity contribution >= 4 is 0 Å². The van der Waals surface area contributed by atoms with Gasteiger partial charge in [-0.1, -0.05) is 12.1 Å². The highest BCUT2D eigenvalue weighted by molar-refractivity contribution is 5.40. The molecule has 1 rings (SSSR count). The normalized spacial score (nSPS) is 12.9. The Kier molecular flexibility index (Phi) is 2.68. The van der Waals surface area contributed by atoms with Gasteiger partial charge in [-0.05, 0) is 18.6 Å². The molecule has 3 nitrogen and oxygen atoms in total. The number of nitrogens with two attached hydrogens (primary N) is 2. The molecule has 3 heteroatoms. The predicted molar refractivity (Wildman–Crippen MR) is 48.8 cm³/mol. The van der Waals surface area contributed by atoms with Gasteiger partial charge in [-0.25, -0.2) is 0 Å². The summed E-state index contributed by atoms with van der Waals surface area (Å²) in [6.45, 7) is 2.25. The van der Waals surface area contributed by atoms with Crippen LogP contribution in [0.2, 0.25) is 0 Å². The lowest BCUT2D eigenvalue weighted by atomic mass is 10.0. The monoisotopic (exact) mass is 166 g/mol. The standard InChI is InChI=1S/C9H14N2O/c1-6-3-2-4-8(12)9(6)7(11)5-10/h2-4,7,12H,5,10-11H2,1H3/t7-/m1/s1. The lowest BCUT2D eigenvalue weighted by Gasteiger charge is -2.13. The topological polar surface area (TPSA) is 72.3 Å². The third-order valence-corrected chi connectivity index (χ3v) is 1.93. The Morgan fingerprint density at radius 2 is 2.17 bits per heavy atom. The zero-order valence-corrected chi connectivity index (χ0v) is 7.12. The Bertz CT molecular complexity index is 253. The molecule has 0 aromatic heterocycles. The first kappa shape index (κ1) is 9.03. The average molecular weight is 166 g/mol. The van der Waals surface area contributed by atoms with Gasteiger partial charge in [0.1, 0.15) is 5.75 Å². The molecule has 0 unspecified atom stereocenters. The molecule has 0 amide bonds. The third kappa shape index (κ3) is 1.57. The van der Waals surface area contributed by atoms with Gasteiger partial charge in [0.2, 0.25) is 0 Å². The summed E-state index contributed by atoms with van der Waals surface area (Å²) in [6, 6.07) is 5.05. The van der Waals surface area contributed by atoms with E-state index in [2.05, 4.69) is 0 Å². The summed E-state index contributed by atoms with van der Waals surface area (Å²) in [5, 5.41) is 9.46. The lowest BCUT2D eigenvalue weighted by molar-refractivity contribution is 0.461. The van der Waals surface area contributed by atoms with Crippen molar-refractivity contribution < 1.29 is 5.11 Å². The molecule has 0 aliphatic heterocycles. The quantitative estimate of drug-likeness (QED) is 0.604. The molecule has 0 fully saturated rings. The van der Waals surface area contributed by atoms with Crippen molar-refractivity contribution in [3.05, 3.63) is 29.3 Å². The van der Waals surface area contributed by atoms with Crippen LogP contribution in [0.3, 0.4) is 0 Å². The minimum Gasteiger partial charge on any atom is -0.508 e. The van der Waals surface area contributed by atoms with Crippen LogP contribution in [0, 0.1) is 6.92 Å². The van der Waals surface area contributed by atoms with Crippen LogP contribution in [0.4, 0.5) is 0 Å². The Morgan fingerprint density at radius 1 is 1.50 bits per heavy atom. The fourth-order valence-corrected chi connectivity index (χ4v) is 1.27. The smallest absolute Gasteiger partial charge is 0.120 e. The van der Waals surface area contributed by atoms with Crippen molar-refractivity contribution in [3.63, 3.8) is 0 Å². The maximum Gasteiger partial charge on any atom is 0.120 e. The highest BCUT2D eigenvalue weighted by Gasteiger charge is 2.10. The Labute approximate surface area is 72.0 Å². The number of hydrogen-bond donors (Lipinski definition) is 3. The summed E-state index contributed by atoms with van der Waals surface area (Å²) in [6.07, 6.45) is 0. The van der Waals surface area contributed by atoms with Crippen molar-refractivity contribution in [1.29, 1.82) is 0 Å². The predicted octanol–water partition coefficient (Wildman–Crippen LogP) is 0.659. The second-order valence-electron chi connectivity index (χ2n) is 2.85. The molecule has 1 aromatic carbocycles. The number of hydrogen-bond acceptors (Lipinski definition) is 3. The van der Waals surface area contributed by atoms with Gasteiger partial charge in [0.05, 0.1) is 0 Å². The van der Waals surface area contributed by atoms with Gasteiger partial charge in [0.25, 0.3) is 0 Å². The zero-order chi connectivity index (χ0) is 9.14. The maximum atomic E-state index is 9.46. The molecule has 0 saturated carbocycles. The van der Waals surface area contributed by atoms with Crippen LogP contribution in [0.15, 0.2) is 18.2 Å². The molecule has 1 aromatic rings. The largest absolute Gasteiger partial charge is 0.508 e. The molecule has 1 atom stereocenters. The van der Waals surface area contributed by atoms with Crippen LogP contribution in [0.5, 0.6) is 5.75 Å². The summed E-state index contributed by atoms with van der Waals surface area (Å²) in [7, 11) is 0. The van der Waals surface area contributed by atoms with Crippen LogP contribution >= 0.6 is 0 Å². The fraction of sp³-hybridized carbons (Fsp3) is 0.333. The number of phenols is 1. The summed E-state index contributed by atoms with van der Waals surface area (Å²) >= 11 is 0. The van der Waals surface area contributed by atoms with E-state index < -0.39 is 0 Å². The first-order valence-corrected chi connectivity index (χ1v) is 3.91. The number of phenolic OH excluding ortho intramolecular Hbond substituents is 1. The minimum atomic E-state index is -0.272.